The standard InChI is InChI=1S/C15H26N4O2/c1-3-7-19-11-13(10-16-19)17-14(21)18-8-5-15(4-2,12-20)6-9-18/h10-11,20H,3-9,12H2,1-2H3,(H,17,21). The number of hydrogen-bond donors (Lipinski definition) is 2. The van der Waals surface area contributed by atoms with Crippen molar-refractivity contribution in [1.82, 2.24) is 14.7 Å². The van der Waals surface area contributed by atoms with Crippen molar-refractivity contribution in [2.75, 3.05) is 25.0 Å². The van der Waals surface area contributed by atoms with Crippen molar-refractivity contribution in [1.29, 1.82) is 0 Å². The minimum absolute atomic E-state index is 0.00277. The number of aliphatic hydroxyl groups is 1. The quantitative estimate of drug-likeness (QED) is 0.875. The fourth-order valence-corrected chi connectivity index (χ4v) is 2.79. The topological polar surface area (TPSA) is 70.4 Å². The van der Waals surface area contributed by atoms with Gasteiger partial charge in [-0.3, -0.25) is 4.68 Å². The molecule has 0 saturated carbocycles. The molecule has 0 unspecified atom stereocenters. The first-order valence-electron chi connectivity index (χ1n) is 7.81. The number of aryl methyl sites for hydroxylation is 1. The number of likely N-dealkylation sites (tertiary alicyclic amines) is 1. The van der Waals surface area contributed by atoms with Gasteiger partial charge in [-0.15, -0.1) is 0 Å². The summed E-state index contributed by atoms with van der Waals surface area (Å²) >= 11 is 0. The molecule has 1 aromatic heterocycles. The maximum Gasteiger partial charge on any atom is 0.321 e. The van der Waals surface area contributed by atoms with E-state index in [-0.39, 0.29) is 18.1 Å². The number of hydrogen-bond acceptors (Lipinski definition) is 3. The van der Waals surface area contributed by atoms with Gasteiger partial charge in [0.2, 0.25) is 0 Å². The molecule has 1 aliphatic rings. The second kappa shape index (κ2) is 6.93. The summed E-state index contributed by atoms with van der Waals surface area (Å²) in [7, 11) is 0. The van der Waals surface area contributed by atoms with E-state index < -0.39 is 0 Å². The van der Waals surface area contributed by atoms with Crippen LogP contribution in [0.15, 0.2) is 12.4 Å². The average molecular weight is 294 g/mol. The molecule has 2 heterocycles. The van der Waals surface area contributed by atoms with Crippen molar-refractivity contribution >= 4 is 11.7 Å². The number of carbonyl (C=O) groups excluding carboxylic acids is 1. The number of piperidine rings is 1. The lowest BCUT2D eigenvalue weighted by Crippen LogP contribution is -2.46. The molecule has 1 saturated heterocycles. The van der Waals surface area contributed by atoms with Gasteiger partial charge in [-0.2, -0.15) is 5.10 Å². The molecular formula is C15H26N4O2. The minimum atomic E-state index is -0.0753. The third kappa shape index (κ3) is 3.75. The lowest BCUT2D eigenvalue weighted by Gasteiger charge is -2.40. The van der Waals surface area contributed by atoms with Crippen LogP contribution in [0.25, 0.3) is 0 Å². The Bertz CT molecular complexity index is 458. The first-order valence-corrected chi connectivity index (χ1v) is 7.81. The van der Waals surface area contributed by atoms with Crippen molar-refractivity contribution in [2.45, 2.75) is 46.1 Å². The lowest BCUT2D eigenvalue weighted by molar-refractivity contribution is 0.0542. The normalized spacial score (nSPS) is 17.8. The Morgan fingerprint density at radius 1 is 1.43 bits per heavy atom. The smallest absolute Gasteiger partial charge is 0.321 e. The van der Waals surface area contributed by atoms with Crippen LogP contribution in [0.5, 0.6) is 0 Å². The van der Waals surface area contributed by atoms with Crippen LogP contribution < -0.4 is 5.32 Å². The summed E-state index contributed by atoms with van der Waals surface area (Å²) in [6.07, 6.45) is 7.24. The highest BCUT2D eigenvalue weighted by molar-refractivity contribution is 5.89. The van der Waals surface area contributed by atoms with Gasteiger partial charge in [0, 0.05) is 32.4 Å². The molecule has 0 spiro atoms. The molecule has 2 N–H and O–H groups in total. The van der Waals surface area contributed by atoms with E-state index in [9.17, 15) is 9.90 Å². The van der Waals surface area contributed by atoms with Gasteiger partial charge in [0.25, 0.3) is 0 Å². The Morgan fingerprint density at radius 3 is 2.71 bits per heavy atom. The van der Waals surface area contributed by atoms with Crippen LogP contribution in [0.4, 0.5) is 10.5 Å². The second-order valence-electron chi connectivity index (χ2n) is 5.92. The highest BCUT2D eigenvalue weighted by Gasteiger charge is 2.33. The van der Waals surface area contributed by atoms with Gasteiger partial charge in [0.05, 0.1) is 11.9 Å². The monoisotopic (exact) mass is 294 g/mol. The third-order valence-electron chi connectivity index (χ3n) is 4.53. The molecule has 1 fully saturated rings. The first kappa shape index (κ1) is 15.8. The molecule has 0 aromatic carbocycles. The number of aliphatic hydroxyl groups excluding tert-OH is 1. The predicted octanol–water partition coefficient (Wildman–Crippen LogP) is 2.31. The zero-order chi connectivity index (χ0) is 15.3. The van der Waals surface area contributed by atoms with Crippen molar-refractivity contribution in [3.05, 3.63) is 12.4 Å². The number of nitrogens with one attached hydrogen (secondary N) is 1. The van der Waals surface area contributed by atoms with Crippen LogP contribution in [0.2, 0.25) is 0 Å². The first-order chi connectivity index (χ1) is 10.1. The SMILES string of the molecule is CCCn1cc(NC(=O)N2CCC(CC)(CO)CC2)cn1. The van der Waals surface area contributed by atoms with E-state index in [1.165, 1.54) is 0 Å². The van der Waals surface area contributed by atoms with Crippen LogP contribution in [0.3, 0.4) is 0 Å². The summed E-state index contributed by atoms with van der Waals surface area (Å²) < 4.78 is 1.83. The molecule has 0 atom stereocenters. The Morgan fingerprint density at radius 2 is 2.14 bits per heavy atom. The van der Waals surface area contributed by atoms with Gasteiger partial charge < -0.3 is 15.3 Å². The fourth-order valence-electron chi connectivity index (χ4n) is 2.79. The average Bonchev–Trinajstić information content (AvgIpc) is 2.95. The second-order valence-corrected chi connectivity index (χ2v) is 5.92. The van der Waals surface area contributed by atoms with Crippen molar-refractivity contribution in [3.63, 3.8) is 0 Å². The van der Waals surface area contributed by atoms with Crippen molar-refractivity contribution < 1.29 is 9.90 Å². The zero-order valence-corrected chi connectivity index (χ0v) is 13.0. The van der Waals surface area contributed by atoms with Crippen LogP contribution in [-0.4, -0.2) is 45.5 Å². The number of carbonyl (C=O) groups is 1. The highest BCUT2D eigenvalue weighted by atomic mass is 16.3. The molecule has 1 aliphatic heterocycles. The van der Waals surface area contributed by atoms with E-state index in [1.807, 2.05) is 15.8 Å². The lowest BCUT2D eigenvalue weighted by atomic mass is 9.77. The largest absolute Gasteiger partial charge is 0.396 e. The molecule has 2 amide bonds. The summed E-state index contributed by atoms with van der Waals surface area (Å²) in [6, 6.07) is -0.0753. The molecule has 118 valence electrons. The fraction of sp³-hybridized carbons (Fsp3) is 0.733. The van der Waals surface area contributed by atoms with Gasteiger partial charge in [-0.05, 0) is 31.1 Å². The number of urea groups is 1. The Labute approximate surface area is 126 Å². The predicted molar refractivity (Wildman–Crippen MR) is 82.2 cm³/mol. The molecule has 0 aliphatic carbocycles. The van der Waals surface area contributed by atoms with Gasteiger partial charge in [-0.1, -0.05) is 13.8 Å². The van der Waals surface area contributed by atoms with E-state index in [2.05, 4.69) is 24.3 Å². The maximum atomic E-state index is 12.2. The summed E-state index contributed by atoms with van der Waals surface area (Å²) in [5.41, 5.74) is 0.742. The molecule has 0 radical (unpaired) electrons. The van der Waals surface area contributed by atoms with E-state index in [0.29, 0.717) is 13.1 Å². The van der Waals surface area contributed by atoms with Crippen LogP contribution in [0, 0.1) is 5.41 Å². The molecule has 2 rings (SSSR count). The maximum absolute atomic E-state index is 12.2. The third-order valence-corrected chi connectivity index (χ3v) is 4.53. The number of aromatic nitrogens is 2. The van der Waals surface area contributed by atoms with Crippen molar-refractivity contribution in [3.8, 4) is 0 Å². The number of amides is 2. The summed E-state index contributed by atoms with van der Waals surface area (Å²) in [5, 5.41) is 16.6. The van der Waals surface area contributed by atoms with E-state index in [4.69, 9.17) is 0 Å². The van der Waals surface area contributed by atoms with Gasteiger partial charge in [0.1, 0.15) is 0 Å². The zero-order valence-electron chi connectivity index (χ0n) is 13.0. The molecule has 0 bridgehead atoms. The Hall–Kier alpha value is -1.56. The minimum Gasteiger partial charge on any atom is -0.396 e. The molecule has 6 nitrogen and oxygen atoms in total. The van der Waals surface area contributed by atoms with Crippen LogP contribution in [0.1, 0.15) is 39.5 Å². The number of rotatable bonds is 5. The summed E-state index contributed by atoms with van der Waals surface area (Å²) in [4.78, 5) is 14.1. The summed E-state index contributed by atoms with van der Waals surface area (Å²) in [6.45, 7) is 6.66. The number of anilines is 1. The molecule has 21 heavy (non-hydrogen) atoms. The molecule has 6 heteroatoms. The van der Waals surface area contributed by atoms with E-state index in [1.54, 1.807) is 6.20 Å². The Kier molecular flexibility index (Phi) is 5.22. The van der Waals surface area contributed by atoms with Gasteiger partial charge in [-0.25, -0.2) is 4.79 Å². The van der Waals surface area contributed by atoms with E-state index in [0.717, 1.165) is 37.9 Å². The highest BCUT2D eigenvalue weighted by Crippen LogP contribution is 2.34. The van der Waals surface area contributed by atoms with Crippen LogP contribution in [-0.2, 0) is 6.54 Å². The molecular weight excluding hydrogens is 268 g/mol. The number of nitrogens with zero attached hydrogens (tertiary/aromatic N) is 3. The van der Waals surface area contributed by atoms with Gasteiger partial charge in [0.15, 0.2) is 0 Å². The molecule has 1 aromatic rings. The van der Waals surface area contributed by atoms with Crippen molar-refractivity contribution in [2.24, 2.45) is 5.41 Å². The Balaban J connectivity index is 1.87. The van der Waals surface area contributed by atoms with Crippen LogP contribution >= 0.6 is 0 Å². The van der Waals surface area contributed by atoms with E-state index >= 15 is 0 Å². The summed E-state index contributed by atoms with van der Waals surface area (Å²) in [5.74, 6) is 0. The van der Waals surface area contributed by atoms with Gasteiger partial charge >= 0.3 is 6.03 Å².